The fraction of sp³-hybridized carbons (Fsp3) is 0.0769. The lowest BCUT2D eigenvalue weighted by Gasteiger charge is -2.12. The number of aryl methyl sites for hydroxylation is 1. The number of anilines is 3. The number of nitrogens with two attached hydrogens (primary N) is 1. The number of halogens is 3. The normalized spacial score (nSPS) is 10.4. The van der Waals surface area contributed by atoms with E-state index in [0.717, 1.165) is 16.9 Å². The molecule has 0 fully saturated rings. The molecule has 5 heteroatoms. The summed E-state index contributed by atoms with van der Waals surface area (Å²) in [5.41, 5.74) is 9.02. The molecule has 18 heavy (non-hydrogen) atoms. The van der Waals surface area contributed by atoms with Crippen molar-refractivity contribution in [2.75, 3.05) is 11.1 Å². The highest BCUT2D eigenvalue weighted by Crippen LogP contribution is 2.31. The maximum Gasteiger partial charge on any atom is 0.0656 e. The SMILES string of the molecule is Cc1cc(N)c(Cl)cc1Nc1ccc(Cl)c(Cl)c1. The molecule has 0 spiro atoms. The van der Waals surface area contributed by atoms with Gasteiger partial charge in [-0.2, -0.15) is 0 Å². The molecule has 2 nitrogen and oxygen atoms in total. The Balaban J connectivity index is 2.34. The van der Waals surface area contributed by atoms with Gasteiger partial charge in [-0.25, -0.2) is 0 Å². The summed E-state index contributed by atoms with van der Waals surface area (Å²) in [5.74, 6) is 0. The number of benzene rings is 2. The molecule has 2 aromatic rings. The van der Waals surface area contributed by atoms with Crippen molar-refractivity contribution in [1.82, 2.24) is 0 Å². The van der Waals surface area contributed by atoms with E-state index in [1.54, 1.807) is 18.2 Å². The van der Waals surface area contributed by atoms with Gasteiger partial charge in [0.05, 0.1) is 20.8 Å². The van der Waals surface area contributed by atoms with E-state index < -0.39 is 0 Å². The Kier molecular flexibility index (Phi) is 3.91. The Hall–Kier alpha value is -1.09. The highest BCUT2D eigenvalue weighted by atomic mass is 35.5. The summed E-state index contributed by atoms with van der Waals surface area (Å²) in [6.45, 7) is 1.95. The van der Waals surface area contributed by atoms with E-state index in [1.165, 1.54) is 0 Å². The van der Waals surface area contributed by atoms with Crippen LogP contribution in [0.3, 0.4) is 0 Å². The van der Waals surface area contributed by atoms with Crippen LogP contribution in [0.1, 0.15) is 5.56 Å². The van der Waals surface area contributed by atoms with E-state index in [-0.39, 0.29) is 0 Å². The monoisotopic (exact) mass is 300 g/mol. The maximum absolute atomic E-state index is 6.00. The van der Waals surface area contributed by atoms with E-state index in [0.29, 0.717) is 20.8 Å². The van der Waals surface area contributed by atoms with Gasteiger partial charge in [0.2, 0.25) is 0 Å². The Morgan fingerprint density at radius 2 is 1.67 bits per heavy atom. The first kappa shape index (κ1) is 13.3. The Morgan fingerprint density at radius 1 is 0.944 bits per heavy atom. The highest BCUT2D eigenvalue weighted by Gasteiger charge is 2.05. The minimum absolute atomic E-state index is 0.501. The Bertz CT molecular complexity index is 597. The molecule has 0 aliphatic rings. The van der Waals surface area contributed by atoms with Gasteiger partial charge in [0, 0.05) is 11.4 Å². The van der Waals surface area contributed by atoms with Crippen LogP contribution in [-0.4, -0.2) is 0 Å². The first-order valence-electron chi connectivity index (χ1n) is 5.25. The van der Waals surface area contributed by atoms with E-state index in [4.69, 9.17) is 40.5 Å². The molecule has 2 rings (SSSR count). The van der Waals surface area contributed by atoms with Crippen LogP contribution < -0.4 is 11.1 Å². The summed E-state index contributed by atoms with van der Waals surface area (Å²) in [6.07, 6.45) is 0. The third-order valence-corrected chi connectivity index (χ3v) is 3.61. The zero-order valence-corrected chi connectivity index (χ0v) is 11.9. The first-order chi connectivity index (χ1) is 8.47. The minimum Gasteiger partial charge on any atom is -0.398 e. The van der Waals surface area contributed by atoms with Crippen LogP contribution in [0.25, 0.3) is 0 Å². The molecule has 3 N–H and O–H groups in total. The van der Waals surface area contributed by atoms with Crippen molar-refractivity contribution in [3.8, 4) is 0 Å². The molecule has 0 saturated carbocycles. The third kappa shape index (κ3) is 2.83. The molecule has 94 valence electrons. The molecule has 0 bridgehead atoms. The van der Waals surface area contributed by atoms with E-state index in [2.05, 4.69) is 5.32 Å². The quantitative estimate of drug-likeness (QED) is 0.740. The van der Waals surface area contributed by atoms with Crippen molar-refractivity contribution in [3.05, 3.63) is 51.0 Å². The van der Waals surface area contributed by atoms with Crippen LogP contribution in [0.5, 0.6) is 0 Å². The number of hydrogen-bond acceptors (Lipinski definition) is 2. The molecule has 0 aliphatic heterocycles. The van der Waals surface area contributed by atoms with Gasteiger partial charge in [-0.05, 0) is 42.8 Å². The molecule has 0 radical (unpaired) electrons. The van der Waals surface area contributed by atoms with Crippen LogP contribution in [-0.2, 0) is 0 Å². The summed E-state index contributed by atoms with van der Waals surface area (Å²) in [7, 11) is 0. The van der Waals surface area contributed by atoms with Crippen LogP contribution in [0.2, 0.25) is 15.1 Å². The average molecular weight is 302 g/mol. The predicted octanol–water partition coefficient (Wildman–Crippen LogP) is 5.28. The maximum atomic E-state index is 6.00. The number of hydrogen-bond donors (Lipinski definition) is 2. The minimum atomic E-state index is 0.501. The largest absolute Gasteiger partial charge is 0.398 e. The van der Waals surface area contributed by atoms with Crippen molar-refractivity contribution in [2.24, 2.45) is 0 Å². The van der Waals surface area contributed by atoms with Gasteiger partial charge in [-0.3, -0.25) is 0 Å². The standard InChI is InChI=1S/C13H11Cl3N2/c1-7-4-12(17)11(16)6-13(7)18-8-2-3-9(14)10(15)5-8/h2-6,18H,17H2,1H3. The van der Waals surface area contributed by atoms with Crippen LogP contribution in [0.15, 0.2) is 30.3 Å². The molecule has 2 aromatic carbocycles. The van der Waals surface area contributed by atoms with Gasteiger partial charge in [-0.1, -0.05) is 34.8 Å². The third-order valence-electron chi connectivity index (χ3n) is 2.54. The molecule has 0 aromatic heterocycles. The zero-order chi connectivity index (χ0) is 13.3. The molecular weight excluding hydrogens is 291 g/mol. The highest BCUT2D eigenvalue weighted by molar-refractivity contribution is 6.42. The van der Waals surface area contributed by atoms with Gasteiger partial charge in [0.1, 0.15) is 0 Å². The first-order valence-corrected chi connectivity index (χ1v) is 6.38. The van der Waals surface area contributed by atoms with Crippen molar-refractivity contribution >= 4 is 51.9 Å². The lowest BCUT2D eigenvalue weighted by molar-refractivity contribution is 1.43. The molecule has 0 heterocycles. The zero-order valence-electron chi connectivity index (χ0n) is 9.60. The fourth-order valence-corrected chi connectivity index (χ4v) is 2.03. The lowest BCUT2D eigenvalue weighted by Crippen LogP contribution is -1.96. The second-order valence-corrected chi connectivity index (χ2v) is 5.16. The number of nitrogens with one attached hydrogen (secondary N) is 1. The van der Waals surface area contributed by atoms with Crippen LogP contribution in [0, 0.1) is 6.92 Å². The van der Waals surface area contributed by atoms with Crippen molar-refractivity contribution in [3.63, 3.8) is 0 Å². The van der Waals surface area contributed by atoms with Gasteiger partial charge >= 0.3 is 0 Å². The van der Waals surface area contributed by atoms with Gasteiger partial charge in [-0.15, -0.1) is 0 Å². The summed E-state index contributed by atoms with van der Waals surface area (Å²) in [4.78, 5) is 0. The van der Waals surface area contributed by atoms with Crippen molar-refractivity contribution < 1.29 is 0 Å². The smallest absolute Gasteiger partial charge is 0.0656 e. The second kappa shape index (κ2) is 5.27. The molecule has 0 saturated heterocycles. The second-order valence-electron chi connectivity index (χ2n) is 3.94. The van der Waals surface area contributed by atoms with E-state index in [9.17, 15) is 0 Å². The average Bonchev–Trinajstić information content (AvgIpc) is 2.31. The topological polar surface area (TPSA) is 38.0 Å². The molecule has 0 atom stereocenters. The molecular formula is C13H11Cl3N2. The molecule has 0 unspecified atom stereocenters. The van der Waals surface area contributed by atoms with E-state index >= 15 is 0 Å². The predicted molar refractivity (Wildman–Crippen MR) is 80.3 cm³/mol. The van der Waals surface area contributed by atoms with Crippen LogP contribution >= 0.6 is 34.8 Å². The summed E-state index contributed by atoms with van der Waals surface area (Å²) >= 11 is 17.8. The summed E-state index contributed by atoms with van der Waals surface area (Å²) in [5, 5.41) is 4.77. The lowest BCUT2D eigenvalue weighted by atomic mass is 10.1. The van der Waals surface area contributed by atoms with Crippen molar-refractivity contribution in [1.29, 1.82) is 0 Å². The Labute approximate surface area is 121 Å². The molecule has 0 amide bonds. The number of nitrogen functional groups attached to an aromatic ring is 1. The van der Waals surface area contributed by atoms with Gasteiger partial charge in [0.15, 0.2) is 0 Å². The van der Waals surface area contributed by atoms with Gasteiger partial charge in [0.25, 0.3) is 0 Å². The van der Waals surface area contributed by atoms with Crippen LogP contribution in [0.4, 0.5) is 17.1 Å². The fourth-order valence-electron chi connectivity index (χ4n) is 1.57. The summed E-state index contributed by atoms with van der Waals surface area (Å²) < 4.78 is 0. The van der Waals surface area contributed by atoms with Crippen molar-refractivity contribution in [2.45, 2.75) is 6.92 Å². The van der Waals surface area contributed by atoms with Gasteiger partial charge < -0.3 is 11.1 Å². The Morgan fingerprint density at radius 3 is 2.33 bits per heavy atom. The molecule has 0 aliphatic carbocycles. The number of rotatable bonds is 2. The summed E-state index contributed by atoms with van der Waals surface area (Å²) in [6, 6.07) is 8.95. The van der Waals surface area contributed by atoms with E-state index in [1.807, 2.05) is 19.1 Å².